The number of rotatable bonds is 7. The van der Waals surface area contributed by atoms with Crippen molar-refractivity contribution < 1.29 is 9.53 Å². The SMILES string of the molecule is O=C(NN=Cc1cccnc1)c1cc(-c2ccc(OCc3ccccc3)cc2)n[nH]1. The van der Waals surface area contributed by atoms with Crippen LogP contribution in [0.4, 0.5) is 0 Å². The first-order valence-corrected chi connectivity index (χ1v) is 9.34. The summed E-state index contributed by atoms with van der Waals surface area (Å²) in [7, 11) is 0. The smallest absolute Gasteiger partial charge is 0.289 e. The Morgan fingerprint density at radius 2 is 1.90 bits per heavy atom. The van der Waals surface area contributed by atoms with E-state index in [4.69, 9.17) is 4.74 Å². The van der Waals surface area contributed by atoms with E-state index < -0.39 is 0 Å². The van der Waals surface area contributed by atoms with Crippen molar-refractivity contribution in [2.24, 2.45) is 5.10 Å². The molecule has 0 aliphatic carbocycles. The lowest BCUT2D eigenvalue weighted by Crippen LogP contribution is -2.18. The summed E-state index contributed by atoms with van der Waals surface area (Å²) in [6, 6.07) is 22.9. The highest BCUT2D eigenvalue weighted by molar-refractivity contribution is 5.94. The molecule has 0 spiro atoms. The highest BCUT2D eigenvalue weighted by Crippen LogP contribution is 2.22. The second-order valence-electron chi connectivity index (χ2n) is 6.45. The van der Waals surface area contributed by atoms with Crippen molar-refractivity contribution in [3.8, 4) is 17.0 Å². The Labute approximate surface area is 173 Å². The molecule has 148 valence electrons. The maximum atomic E-state index is 12.2. The Bertz CT molecular complexity index is 1120. The lowest BCUT2D eigenvalue weighted by Gasteiger charge is -2.06. The van der Waals surface area contributed by atoms with Gasteiger partial charge in [-0.1, -0.05) is 36.4 Å². The van der Waals surface area contributed by atoms with Crippen LogP contribution in [0.3, 0.4) is 0 Å². The number of hydrazone groups is 1. The zero-order chi connectivity index (χ0) is 20.6. The van der Waals surface area contributed by atoms with Crippen LogP contribution >= 0.6 is 0 Å². The molecular formula is C23H19N5O2. The van der Waals surface area contributed by atoms with Gasteiger partial charge in [0.25, 0.3) is 5.91 Å². The van der Waals surface area contributed by atoms with Gasteiger partial charge in [-0.3, -0.25) is 14.9 Å². The number of amides is 1. The number of nitrogens with zero attached hydrogens (tertiary/aromatic N) is 3. The second kappa shape index (κ2) is 9.29. The first kappa shape index (κ1) is 19.1. The predicted octanol–water partition coefficient (Wildman–Crippen LogP) is 3.81. The van der Waals surface area contributed by atoms with Gasteiger partial charge in [-0.25, -0.2) is 5.43 Å². The molecule has 30 heavy (non-hydrogen) atoms. The fourth-order valence-electron chi connectivity index (χ4n) is 2.73. The molecule has 0 bridgehead atoms. The topological polar surface area (TPSA) is 92.3 Å². The highest BCUT2D eigenvalue weighted by Gasteiger charge is 2.10. The Balaban J connectivity index is 1.35. The van der Waals surface area contributed by atoms with Gasteiger partial charge >= 0.3 is 0 Å². The fourth-order valence-corrected chi connectivity index (χ4v) is 2.73. The van der Waals surface area contributed by atoms with Gasteiger partial charge in [0, 0.05) is 23.5 Å². The summed E-state index contributed by atoms with van der Waals surface area (Å²) in [4.78, 5) is 16.2. The molecule has 2 aromatic carbocycles. The largest absolute Gasteiger partial charge is 0.489 e. The first-order valence-electron chi connectivity index (χ1n) is 9.34. The van der Waals surface area contributed by atoms with Crippen LogP contribution in [-0.4, -0.2) is 27.3 Å². The van der Waals surface area contributed by atoms with Crippen LogP contribution in [0, 0.1) is 0 Å². The number of nitrogens with one attached hydrogen (secondary N) is 2. The van der Waals surface area contributed by atoms with Crippen molar-refractivity contribution in [1.29, 1.82) is 0 Å². The number of hydrogen-bond donors (Lipinski definition) is 2. The Kier molecular flexibility index (Phi) is 5.91. The Hall–Kier alpha value is -4.26. The van der Waals surface area contributed by atoms with E-state index in [0.29, 0.717) is 18.0 Å². The van der Waals surface area contributed by atoms with E-state index >= 15 is 0 Å². The lowest BCUT2D eigenvalue weighted by molar-refractivity contribution is 0.0950. The van der Waals surface area contributed by atoms with Crippen LogP contribution in [0.25, 0.3) is 11.3 Å². The summed E-state index contributed by atoms with van der Waals surface area (Å²) in [6.45, 7) is 0.506. The molecular weight excluding hydrogens is 378 g/mol. The van der Waals surface area contributed by atoms with Gasteiger partial charge in [-0.15, -0.1) is 0 Å². The molecule has 0 aliphatic heterocycles. The molecule has 7 heteroatoms. The quantitative estimate of drug-likeness (QED) is 0.366. The number of aromatic amines is 1. The minimum absolute atomic E-state index is 0.317. The number of aromatic nitrogens is 3. The number of pyridine rings is 1. The Morgan fingerprint density at radius 3 is 2.67 bits per heavy atom. The third-order valence-electron chi connectivity index (χ3n) is 4.29. The van der Waals surface area contributed by atoms with Crippen LogP contribution in [0.2, 0.25) is 0 Å². The van der Waals surface area contributed by atoms with Crippen LogP contribution in [0.15, 0.2) is 90.3 Å². The second-order valence-corrected chi connectivity index (χ2v) is 6.45. The van der Waals surface area contributed by atoms with E-state index in [1.54, 1.807) is 24.5 Å². The summed E-state index contributed by atoms with van der Waals surface area (Å²) in [6.07, 6.45) is 4.84. The number of ether oxygens (including phenoxy) is 1. The van der Waals surface area contributed by atoms with E-state index in [2.05, 4.69) is 25.7 Å². The van der Waals surface area contributed by atoms with Gasteiger partial charge in [-0.2, -0.15) is 10.2 Å². The molecule has 2 N–H and O–H groups in total. The summed E-state index contributed by atoms with van der Waals surface area (Å²) in [5.74, 6) is 0.387. The van der Waals surface area contributed by atoms with Crippen LogP contribution in [-0.2, 0) is 6.61 Å². The Morgan fingerprint density at radius 1 is 1.07 bits per heavy atom. The number of H-pyrrole nitrogens is 1. The summed E-state index contributed by atoms with van der Waals surface area (Å²) in [5.41, 5.74) is 6.21. The molecule has 2 aromatic heterocycles. The number of hydrogen-bond acceptors (Lipinski definition) is 5. The number of carbonyl (C=O) groups is 1. The van der Waals surface area contributed by atoms with Crippen molar-refractivity contribution >= 4 is 12.1 Å². The average molecular weight is 397 g/mol. The van der Waals surface area contributed by atoms with E-state index in [9.17, 15) is 4.79 Å². The van der Waals surface area contributed by atoms with E-state index in [0.717, 1.165) is 22.4 Å². The van der Waals surface area contributed by atoms with E-state index in [-0.39, 0.29) is 5.91 Å². The van der Waals surface area contributed by atoms with E-state index in [1.807, 2.05) is 60.7 Å². The van der Waals surface area contributed by atoms with E-state index in [1.165, 1.54) is 6.21 Å². The first-order chi connectivity index (χ1) is 14.8. The zero-order valence-corrected chi connectivity index (χ0v) is 16.0. The average Bonchev–Trinajstić information content (AvgIpc) is 3.30. The van der Waals surface area contributed by atoms with Gasteiger partial charge in [0.15, 0.2) is 0 Å². The van der Waals surface area contributed by atoms with Gasteiger partial charge in [0.2, 0.25) is 0 Å². The fraction of sp³-hybridized carbons (Fsp3) is 0.0435. The number of carbonyl (C=O) groups excluding carboxylic acids is 1. The predicted molar refractivity (Wildman–Crippen MR) is 114 cm³/mol. The molecule has 7 nitrogen and oxygen atoms in total. The maximum absolute atomic E-state index is 12.2. The molecule has 0 atom stereocenters. The molecule has 1 amide bonds. The lowest BCUT2D eigenvalue weighted by atomic mass is 10.1. The van der Waals surface area contributed by atoms with Gasteiger partial charge in [0.1, 0.15) is 18.1 Å². The zero-order valence-electron chi connectivity index (χ0n) is 16.0. The maximum Gasteiger partial charge on any atom is 0.289 e. The van der Waals surface area contributed by atoms with Gasteiger partial charge in [0.05, 0.1) is 11.9 Å². The van der Waals surface area contributed by atoms with Crippen molar-refractivity contribution in [2.45, 2.75) is 6.61 Å². The van der Waals surface area contributed by atoms with Crippen molar-refractivity contribution in [3.05, 3.63) is 102 Å². The normalized spacial score (nSPS) is 10.8. The summed E-state index contributed by atoms with van der Waals surface area (Å²) < 4.78 is 5.79. The third-order valence-corrected chi connectivity index (χ3v) is 4.29. The molecule has 0 aliphatic rings. The van der Waals surface area contributed by atoms with Gasteiger partial charge in [-0.05, 0) is 42.0 Å². The molecule has 2 heterocycles. The minimum atomic E-state index is -0.378. The van der Waals surface area contributed by atoms with Crippen molar-refractivity contribution in [1.82, 2.24) is 20.6 Å². The van der Waals surface area contributed by atoms with Crippen LogP contribution in [0.1, 0.15) is 21.6 Å². The molecule has 0 saturated carbocycles. The molecule has 4 aromatic rings. The highest BCUT2D eigenvalue weighted by atomic mass is 16.5. The monoisotopic (exact) mass is 397 g/mol. The minimum Gasteiger partial charge on any atom is -0.489 e. The standard InChI is InChI=1S/C23H19N5O2/c29-23(28-25-15-18-7-4-12-24-14-18)22-13-21(26-27-22)19-8-10-20(11-9-19)30-16-17-5-2-1-3-6-17/h1-15H,16H2,(H,26,27)(H,28,29). The number of benzene rings is 2. The van der Waals surface area contributed by atoms with Crippen molar-refractivity contribution in [3.63, 3.8) is 0 Å². The van der Waals surface area contributed by atoms with Crippen LogP contribution in [0.5, 0.6) is 5.75 Å². The molecule has 0 radical (unpaired) electrons. The van der Waals surface area contributed by atoms with Gasteiger partial charge < -0.3 is 4.74 Å². The molecule has 0 saturated heterocycles. The molecule has 0 unspecified atom stereocenters. The van der Waals surface area contributed by atoms with Crippen LogP contribution < -0.4 is 10.2 Å². The molecule has 4 rings (SSSR count). The third kappa shape index (κ3) is 4.96. The van der Waals surface area contributed by atoms with Crippen molar-refractivity contribution in [2.75, 3.05) is 0 Å². The summed E-state index contributed by atoms with van der Waals surface area (Å²) >= 11 is 0. The molecule has 0 fully saturated rings. The summed E-state index contributed by atoms with van der Waals surface area (Å²) in [5, 5.41) is 10.9.